The molecule has 2 aromatic carbocycles. The first-order valence-electron chi connectivity index (χ1n) is 10.1. The number of thioether (sulfide) groups is 1. The number of aryl methyl sites for hydroxylation is 1. The van der Waals surface area contributed by atoms with E-state index in [0.717, 1.165) is 29.4 Å². The summed E-state index contributed by atoms with van der Waals surface area (Å²) in [5.41, 5.74) is 1.17. The number of carboxylic acid groups (broad SMARTS) is 1. The van der Waals surface area contributed by atoms with Gasteiger partial charge >= 0.3 is 5.97 Å². The molecule has 9 heteroatoms. The van der Waals surface area contributed by atoms with Crippen molar-refractivity contribution in [2.45, 2.75) is 36.0 Å². The number of sulfonamides is 1. The highest BCUT2D eigenvalue weighted by Crippen LogP contribution is 2.28. The van der Waals surface area contributed by atoms with Crippen molar-refractivity contribution in [2.24, 2.45) is 5.92 Å². The Morgan fingerprint density at radius 3 is 2.61 bits per heavy atom. The van der Waals surface area contributed by atoms with Gasteiger partial charge in [0.25, 0.3) is 10.0 Å². The molecule has 0 aliphatic carbocycles. The molecule has 168 valence electrons. The fourth-order valence-electron chi connectivity index (χ4n) is 3.38. The van der Waals surface area contributed by atoms with Crippen LogP contribution in [0.4, 0.5) is 5.69 Å². The summed E-state index contributed by atoms with van der Waals surface area (Å²) in [6.07, 6.45) is 4.32. The van der Waals surface area contributed by atoms with Crippen molar-refractivity contribution in [2.75, 3.05) is 30.8 Å². The standard InChI is InChI=1S/C22H27NO6S2/c1-3-16-12-17(30-2)4-6-20(16)23-31(26,27)18-5-7-21(19(13-18)22(24)25)29-14-15-8-10-28-11-9-15/h4-7,12-13,15,23H,3,8-11,14H2,1-2H3,(H,24,25). The largest absolute Gasteiger partial charge is 0.492 e. The van der Waals surface area contributed by atoms with Crippen molar-refractivity contribution in [1.29, 1.82) is 0 Å². The van der Waals surface area contributed by atoms with Crippen LogP contribution in [-0.4, -0.2) is 45.6 Å². The lowest BCUT2D eigenvalue weighted by Gasteiger charge is -2.22. The first-order chi connectivity index (χ1) is 14.8. The minimum atomic E-state index is -3.97. The summed E-state index contributed by atoms with van der Waals surface area (Å²) in [5.74, 6) is -0.786. The third-order valence-electron chi connectivity index (χ3n) is 5.24. The van der Waals surface area contributed by atoms with Crippen LogP contribution in [0.2, 0.25) is 0 Å². The predicted octanol–water partition coefficient (Wildman–Crippen LogP) is 4.28. The van der Waals surface area contributed by atoms with E-state index in [1.807, 2.05) is 25.3 Å². The molecular formula is C22H27NO6S2. The number of carboxylic acids is 1. The molecule has 0 unspecified atom stereocenters. The van der Waals surface area contributed by atoms with Crippen LogP contribution in [0.15, 0.2) is 46.2 Å². The second-order valence-electron chi connectivity index (χ2n) is 7.31. The van der Waals surface area contributed by atoms with Gasteiger partial charge in [-0.3, -0.25) is 4.72 Å². The van der Waals surface area contributed by atoms with Gasteiger partial charge in [-0.25, -0.2) is 13.2 Å². The van der Waals surface area contributed by atoms with Crippen LogP contribution in [-0.2, 0) is 21.2 Å². The van der Waals surface area contributed by atoms with Crippen LogP contribution in [0.5, 0.6) is 5.75 Å². The number of benzene rings is 2. The van der Waals surface area contributed by atoms with E-state index in [2.05, 4.69) is 4.72 Å². The highest BCUT2D eigenvalue weighted by molar-refractivity contribution is 7.98. The molecule has 2 N–H and O–H groups in total. The van der Waals surface area contributed by atoms with Gasteiger partial charge in [-0.15, -0.1) is 11.8 Å². The molecule has 0 bridgehead atoms. The van der Waals surface area contributed by atoms with Crippen LogP contribution < -0.4 is 9.46 Å². The summed E-state index contributed by atoms with van der Waals surface area (Å²) in [4.78, 5) is 12.7. The Hall–Kier alpha value is -2.23. The maximum atomic E-state index is 13.0. The van der Waals surface area contributed by atoms with Gasteiger partial charge in [0.15, 0.2) is 0 Å². The number of anilines is 1. The number of ether oxygens (including phenoxy) is 2. The molecule has 0 aromatic heterocycles. The predicted molar refractivity (Wildman–Crippen MR) is 121 cm³/mol. The molecule has 0 atom stereocenters. The SMILES string of the molecule is CCc1cc(SC)ccc1NS(=O)(=O)c1ccc(OCC2CCOCC2)c(C(=O)O)c1. The van der Waals surface area contributed by atoms with E-state index in [4.69, 9.17) is 9.47 Å². The summed E-state index contributed by atoms with van der Waals surface area (Å²) >= 11 is 1.58. The van der Waals surface area contributed by atoms with Gasteiger partial charge in [0, 0.05) is 18.1 Å². The number of hydrogen-bond acceptors (Lipinski definition) is 6. The topological polar surface area (TPSA) is 102 Å². The summed E-state index contributed by atoms with van der Waals surface area (Å²) in [6.45, 7) is 3.65. The minimum absolute atomic E-state index is 0.126. The van der Waals surface area contributed by atoms with Crippen LogP contribution in [0.25, 0.3) is 0 Å². The average Bonchev–Trinajstić information content (AvgIpc) is 2.78. The fraction of sp³-hybridized carbons (Fsp3) is 0.409. The van der Waals surface area contributed by atoms with Gasteiger partial charge < -0.3 is 14.6 Å². The zero-order valence-electron chi connectivity index (χ0n) is 17.6. The van der Waals surface area contributed by atoms with E-state index < -0.39 is 16.0 Å². The van der Waals surface area contributed by atoms with Crippen LogP contribution in [0.3, 0.4) is 0 Å². The molecule has 31 heavy (non-hydrogen) atoms. The number of hydrogen-bond donors (Lipinski definition) is 2. The van der Waals surface area contributed by atoms with Gasteiger partial charge in [-0.05, 0) is 73.4 Å². The zero-order valence-corrected chi connectivity index (χ0v) is 19.2. The van der Waals surface area contributed by atoms with Gasteiger partial charge in [-0.1, -0.05) is 6.92 Å². The lowest BCUT2D eigenvalue weighted by atomic mass is 10.0. The Morgan fingerprint density at radius 1 is 1.23 bits per heavy atom. The third-order valence-corrected chi connectivity index (χ3v) is 7.33. The molecule has 0 amide bonds. The number of nitrogens with one attached hydrogen (secondary N) is 1. The lowest BCUT2D eigenvalue weighted by molar-refractivity contribution is 0.0490. The molecule has 1 heterocycles. The molecule has 0 spiro atoms. The maximum absolute atomic E-state index is 13.0. The Bertz CT molecular complexity index is 1030. The Balaban J connectivity index is 1.82. The van der Waals surface area contributed by atoms with Crippen LogP contribution in [0.1, 0.15) is 35.7 Å². The number of aromatic carboxylic acids is 1. The van der Waals surface area contributed by atoms with Crippen LogP contribution >= 0.6 is 11.8 Å². The molecular weight excluding hydrogens is 438 g/mol. The molecule has 1 saturated heterocycles. The van der Waals surface area contributed by atoms with E-state index in [0.29, 0.717) is 31.9 Å². The van der Waals surface area contributed by atoms with E-state index in [1.165, 1.54) is 12.1 Å². The van der Waals surface area contributed by atoms with Crippen LogP contribution in [0, 0.1) is 5.92 Å². The Labute approximate surface area is 187 Å². The third kappa shape index (κ3) is 5.93. The number of rotatable bonds is 9. The van der Waals surface area contributed by atoms with Crippen molar-refractivity contribution in [3.8, 4) is 5.75 Å². The average molecular weight is 466 g/mol. The summed E-state index contributed by atoms with van der Waals surface area (Å²) < 4.78 is 39.5. The quantitative estimate of drug-likeness (QED) is 0.533. The smallest absolute Gasteiger partial charge is 0.339 e. The highest BCUT2D eigenvalue weighted by atomic mass is 32.2. The van der Waals surface area contributed by atoms with E-state index in [1.54, 1.807) is 17.8 Å². The van der Waals surface area contributed by atoms with Crippen molar-refractivity contribution >= 4 is 33.4 Å². The van der Waals surface area contributed by atoms with Gasteiger partial charge in [0.05, 0.1) is 17.2 Å². The van der Waals surface area contributed by atoms with Gasteiger partial charge in [-0.2, -0.15) is 0 Å². The molecule has 1 aliphatic heterocycles. The van der Waals surface area contributed by atoms with E-state index in [-0.39, 0.29) is 22.1 Å². The Morgan fingerprint density at radius 2 is 1.97 bits per heavy atom. The lowest BCUT2D eigenvalue weighted by Crippen LogP contribution is -2.22. The fourth-order valence-corrected chi connectivity index (χ4v) is 4.97. The molecule has 0 radical (unpaired) electrons. The minimum Gasteiger partial charge on any atom is -0.492 e. The van der Waals surface area contributed by atoms with Crippen molar-refractivity contribution < 1.29 is 27.8 Å². The van der Waals surface area contributed by atoms with Gasteiger partial charge in [0.2, 0.25) is 0 Å². The molecule has 1 aliphatic rings. The highest BCUT2D eigenvalue weighted by Gasteiger charge is 2.22. The maximum Gasteiger partial charge on any atom is 0.339 e. The second kappa shape index (κ2) is 10.4. The normalized spacial score (nSPS) is 14.9. The van der Waals surface area contributed by atoms with E-state index >= 15 is 0 Å². The Kier molecular flexibility index (Phi) is 7.85. The number of carbonyl (C=O) groups is 1. The summed E-state index contributed by atoms with van der Waals surface area (Å²) in [5, 5.41) is 9.60. The summed E-state index contributed by atoms with van der Waals surface area (Å²) in [7, 11) is -3.97. The molecule has 1 fully saturated rings. The first kappa shape index (κ1) is 23.4. The van der Waals surface area contributed by atoms with Crippen molar-refractivity contribution in [1.82, 2.24) is 0 Å². The molecule has 7 nitrogen and oxygen atoms in total. The van der Waals surface area contributed by atoms with Gasteiger partial charge in [0.1, 0.15) is 11.3 Å². The molecule has 3 rings (SSSR count). The zero-order chi connectivity index (χ0) is 22.4. The molecule has 2 aromatic rings. The van der Waals surface area contributed by atoms with Crippen molar-refractivity contribution in [3.05, 3.63) is 47.5 Å². The first-order valence-corrected chi connectivity index (χ1v) is 12.8. The molecule has 0 saturated carbocycles. The monoisotopic (exact) mass is 465 g/mol. The van der Waals surface area contributed by atoms with E-state index in [9.17, 15) is 18.3 Å². The summed E-state index contributed by atoms with van der Waals surface area (Å²) in [6, 6.07) is 9.44. The van der Waals surface area contributed by atoms with Crippen molar-refractivity contribution in [3.63, 3.8) is 0 Å². The second-order valence-corrected chi connectivity index (χ2v) is 9.87.